The number of fused-ring (bicyclic) bond motifs is 1. The molecule has 0 unspecified atom stereocenters. The Kier molecular flexibility index (Phi) is 4.79. The Morgan fingerprint density at radius 1 is 1.29 bits per heavy atom. The highest BCUT2D eigenvalue weighted by atomic mass is 19.1. The Labute approximate surface area is 162 Å². The second-order valence-electron chi connectivity index (χ2n) is 7.61. The van der Waals surface area contributed by atoms with Crippen molar-refractivity contribution in [2.75, 3.05) is 13.1 Å². The number of halogens is 1. The Balaban J connectivity index is 1.77. The number of pyridine rings is 1. The van der Waals surface area contributed by atoms with Crippen LogP contribution < -0.4 is 5.56 Å². The number of rotatable bonds is 3. The number of piperidine rings is 1. The standard InChI is InChI=1S/C22H23FN2O3/c1-14-6-5-10-24(12-14)21(26)19-15(2)28-18-9-11-25(22(27)20(18)19)13-16-7-3-4-8-17(16)23/h3-4,7-9,11,14H,5-6,10,12-13H2,1-2H3/t14-/m0/s1. The number of carbonyl (C=O) groups excluding carboxylic acids is 1. The molecule has 1 aliphatic heterocycles. The van der Waals surface area contributed by atoms with Crippen LogP contribution in [0.25, 0.3) is 11.0 Å². The molecule has 5 nitrogen and oxygen atoms in total. The number of carbonyl (C=O) groups is 1. The lowest BCUT2D eigenvalue weighted by Gasteiger charge is -2.30. The number of likely N-dealkylation sites (tertiary alicyclic amines) is 1. The lowest BCUT2D eigenvalue weighted by atomic mass is 9.99. The Hall–Kier alpha value is -2.89. The molecule has 28 heavy (non-hydrogen) atoms. The lowest BCUT2D eigenvalue weighted by molar-refractivity contribution is 0.0683. The molecule has 0 radical (unpaired) electrons. The number of hydrogen-bond donors (Lipinski definition) is 0. The van der Waals surface area contributed by atoms with Crippen LogP contribution in [0, 0.1) is 18.7 Å². The summed E-state index contributed by atoms with van der Waals surface area (Å²) in [5.74, 6) is 0.355. The quantitative estimate of drug-likeness (QED) is 0.689. The summed E-state index contributed by atoms with van der Waals surface area (Å²) in [6.45, 7) is 5.30. The summed E-state index contributed by atoms with van der Waals surface area (Å²) in [7, 11) is 0. The van der Waals surface area contributed by atoms with Crippen LogP contribution in [0.15, 0.2) is 45.7 Å². The number of hydrogen-bond acceptors (Lipinski definition) is 3. The molecule has 1 amide bonds. The van der Waals surface area contributed by atoms with Crippen LogP contribution >= 0.6 is 0 Å². The fraction of sp³-hybridized carbons (Fsp3) is 0.364. The second-order valence-corrected chi connectivity index (χ2v) is 7.61. The van der Waals surface area contributed by atoms with Crippen molar-refractivity contribution < 1.29 is 13.6 Å². The van der Waals surface area contributed by atoms with E-state index in [2.05, 4.69) is 6.92 Å². The first-order chi connectivity index (χ1) is 13.5. The predicted octanol–water partition coefficient (Wildman–Crippen LogP) is 3.96. The van der Waals surface area contributed by atoms with Gasteiger partial charge >= 0.3 is 0 Å². The fourth-order valence-electron chi connectivity index (χ4n) is 3.99. The number of benzene rings is 1. The molecule has 3 heterocycles. The Morgan fingerprint density at radius 3 is 2.82 bits per heavy atom. The lowest BCUT2D eigenvalue weighted by Crippen LogP contribution is -2.39. The maximum Gasteiger partial charge on any atom is 0.262 e. The van der Waals surface area contributed by atoms with Crippen molar-refractivity contribution in [2.24, 2.45) is 5.92 Å². The first-order valence-electron chi connectivity index (χ1n) is 9.61. The molecule has 6 heteroatoms. The average Bonchev–Trinajstić information content (AvgIpc) is 3.02. The number of aryl methyl sites for hydroxylation is 1. The van der Waals surface area contributed by atoms with E-state index < -0.39 is 0 Å². The smallest absolute Gasteiger partial charge is 0.262 e. The van der Waals surface area contributed by atoms with E-state index >= 15 is 0 Å². The topological polar surface area (TPSA) is 55.5 Å². The highest BCUT2D eigenvalue weighted by Crippen LogP contribution is 2.26. The van der Waals surface area contributed by atoms with Gasteiger partial charge in [-0.3, -0.25) is 9.59 Å². The van der Waals surface area contributed by atoms with E-state index in [1.807, 2.05) is 0 Å². The third-order valence-electron chi connectivity index (χ3n) is 5.45. The summed E-state index contributed by atoms with van der Waals surface area (Å²) in [6, 6.07) is 8.03. The molecule has 1 aromatic carbocycles. The minimum atomic E-state index is -0.364. The molecule has 0 saturated carbocycles. The Morgan fingerprint density at radius 2 is 2.07 bits per heavy atom. The van der Waals surface area contributed by atoms with Gasteiger partial charge in [0.25, 0.3) is 11.5 Å². The molecular weight excluding hydrogens is 359 g/mol. The number of aromatic nitrogens is 1. The van der Waals surface area contributed by atoms with Crippen LogP contribution in [0.3, 0.4) is 0 Å². The Bertz CT molecular complexity index is 1100. The van der Waals surface area contributed by atoms with Gasteiger partial charge in [0.2, 0.25) is 0 Å². The molecule has 3 aromatic rings. The molecule has 1 aliphatic rings. The van der Waals surface area contributed by atoms with Gasteiger partial charge in [-0.1, -0.05) is 25.1 Å². The average molecular weight is 382 g/mol. The van der Waals surface area contributed by atoms with Gasteiger partial charge in [0, 0.05) is 24.8 Å². The summed E-state index contributed by atoms with van der Waals surface area (Å²) < 4.78 is 21.2. The molecule has 0 bridgehead atoms. The van der Waals surface area contributed by atoms with Crippen molar-refractivity contribution in [3.8, 4) is 0 Å². The summed E-state index contributed by atoms with van der Waals surface area (Å²) in [5.41, 5.74) is 0.797. The first-order valence-corrected chi connectivity index (χ1v) is 9.61. The highest BCUT2D eigenvalue weighted by molar-refractivity contribution is 6.06. The zero-order chi connectivity index (χ0) is 19.8. The van der Waals surface area contributed by atoms with Crippen molar-refractivity contribution >= 4 is 16.9 Å². The zero-order valence-corrected chi connectivity index (χ0v) is 16.1. The summed E-state index contributed by atoms with van der Waals surface area (Å²) in [6.07, 6.45) is 3.64. The molecule has 0 aliphatic carbocycles. The van der Waals surface area contributed by atoms with E-state index in [1.54, 1.807) is 42.3 Å². The second kappa shape index (κ2) is 7.26. The number of nitrogens with zero attached hydrogens (tertiary/aromatic N) is 2. The largest absolute Gasteiger partial charge is 0.460 e. The molecule has 146 valence electrons. The molecular formula is C22H23FN2O3. The van der Waals surface area contributed by atoms with E-state index in [9.17, 15) is 14.0 Å². The van der Waals surface area contributed by atoms with Crippen molar-refractivity contribution in [2.45, 2.75) is 33.2 Å². The van der Waals surface area contributed by atoms with Gasteiger partial charge in [-0.05, 0) is 37.8 Å². The van der Waals surface area contributed by atoms with Gasteiger partial charge in [-0.15, -0.1) is 0 Å². The molecule has 0 N–H and O–H groups in total. The van der Waals surface area contributed by atoms with Gasteiger partial charge in [0.1, 0.15) is 17.2 Å². The van der Waals surface area contributed by atoms with Crippen molar-refractivity contribution in [3.63, 3.8) is 0 Å². The van der Waals surface area contributed by atoms with Gasteiger partial charge in [-0.2, -0.15) is 0 Å². The summed E-state index contributed by atoms with van der Waals surface area (Å²) in [5, 5.41) is 0.277. The normalized spacial score (nSPS) is 17.2. The van der Waals surface area contributed by atoms with Crippen LogP contribution in [0.2, 0.25) is 0 Å². The maximum atomic E-state index is 14.0. The van der Waals surface area contributed by atoms with Crippen LogP contribution in [0.4, 0.5) is 4.39 Å². The highest BCUT2D eigenvalue weighted by Gasteiger charge is 2.28. The van der Waals surface area contributed by atoms with Crippen LogP contribution in [-0.2, 0) is 6.54 Å². The molecule has 1 fully saturated rings. The van der Waals surface area contributed by atoms with Gasteiger partial charge in [0.05, 0.1) is 17.5 Å². The third-order valence-corrected chi connectivity index (χ3v) is 5.45. The maximum absolute atomic E-state index is 14.0. The van der Waals surface area contributed by atoms with Crippen LogP contribution in [-0.4, -0.2) is 28.5 Å². The predicted molar refractivity (Wildman–Crippen MR) is 105 cm³/mol. The fourth-order valence-corrected chi connectivity index (χ4v) is 3.99. The van der Waals surface area contributed by atoms with Crippen LogP contribution in [0.5, 0.6) is 0 Å². The molecule has 0 spiro atoms. The summed E-state index contributed by atoms with van der Waals surface area (Å²) >= 11 is 0. The van der Waals surface area contributed by atoms with Crippen molar-refractivity contribution in [3.05, 3.63) is 69.6 Å². The minimum absolute atomic E-state index is 0.0973. The molecule has 4 rings (SSSR count). The van der Waals surface area contributed by atoms with E-state index in [4.69, 9.17) is 4.42 Å². The third kappa shape index (κ3) is 3.23. The van der Waals surface area contributed by atoms with E-state index in [0.717, 1.165) is 12.8 Å². The first kappa shape index (κ1) is 18.5. The van der Waals surface area contributed by atoms with E-state index in [1.165, 1.54) is 10.6 Å². The monoisotopic (exact) mass is 382 g/mol. The molecule has 2 aromatic heterocycles. The SMILES string of the molecule is Cc1oc2ccn(Cc3ccccc3F)c(=O)c2c1C(=O)N1CCC[C@H](C)C1. The van der Waals surface area contributed by atoms with Gasteiger partial charge in [0.15, 0.2) is 0 Å². The van der Waals surface area contributed by atoms with Crippen molar-refractivity contribution in [1.82, 2.24) is 9.47 Å². The van der Waals surface area contributed by atoms with Gasteiger partial charge < -0.3 is 13.9 Å². The minimum Gasteiger partial charge on any atom is -0.460 e. The van der Waals surface area contributed by atoms with E-state index in [-0.39, 0.29) is 29.2 Å². The zero-order valence-electron chi connectivity index (χ0n) is 16.1. The number of furan rings is 1. The molecule has 1 saturated heterocycles. The number of amides is 1. The summed E-state index contributed by atoms with van der Waals surface area (Å²) in [4.78, 5) is 28.1. The van der Waals surface area contributed by atoms with Crippen LogP contribution in [0.1, 0.15) is 41.4 Å². The van der Waals surface area contributed by atoms with Gasteiger partial charge in [-0.25, -0.2) is 4.39 Å². The van der Waals surface area contributed by atoms with E-state index in [0.29, 0.717) is 41.5 Å². The molecule has 1 atom stereocenters. The van der Waals surface area contributed by atoms with Crippen molar-refractivity contribution in [1.29, 1.82) is 0 Å².